The fourth-order valence-electron chi connectivity index (χ4n) is 3.19. The minimum absolute atomic E-state index is 0. The first-order valence-corrected chi connectivity index (χ1v) is 7.31. The zero-order valence-electron chi connectivity index (χ0n) is 12.8. The number of fused-ring (bicyclic) bond motifs is 3. The van der Waals surface area contributed by atoms with Crippen molar-refractivity contribution < 1.29 is 46.7 Å². The molecular formula is C13H18BrN5O5. The molecule has 1 unspecified atom stereocenters. The van der Waals surface area contributed by atoms with Gasteiger partial charge in [0.25, 0.3) is 5.82 Å². The van der Waals surface area contributed by atoms with E-state index in [4.69, 9.17) is 4.74 Å². The maximum absolute atomic E-state index is 10.2. The smallest absolute Gasteiger partial charge is 0.257 e. The second-order valence-electron chi connectivity index (χ2n) is 5.86. The normalized spacial score (nSPS) is 32.2. The number of nitrogens with zero attached hydrogens (tertiary/aromatic N) is 5. The van der Waals surface area contributed by atoms with E-state index in [0.29, 0.717) is 23.5 Å². The van der Waals surface area contributed by atoms with Gasteiger partial charge in [-0.15, -0.1) is 0 Å². The molecule has 2 aromatic rings. The number of likely N-dealkylation sites (N-methyl/N-ethyl adjacent to an activating group) is 1. The van der Waals surface area contributed by atoms with E-state index in [1.807, 2.05) is 0 Å². The quantitative estimate of drug-likeness (QED) is 0.365. The van der Waals surface area contributed by atoms with Crippen molar-refractivity contribution in [2.75, 3.05) is 18.6 Å². The van der Waals surface area contributed by atoms with Gasteiger partial charge in [0, 0.05) is 0 Å². The number of aliphatic hydroxyl groups is 4. The Bertz CT molecular complexity index is 758. The molecule has 0 bridgehead atoms. The Labute approximate surface area is 147 Å². The second-order valence-corrected chi connectivity index (χ2v) is 5.86. The largest absolute Gasteiger partial charge is 1.00 e. The summed E-state index contributed by atoms with van der Waals surface area (Å²) in [5, 5.41) is 39.2. The number of hydrogen-bond acceptors (Lipinski definition) is 8. The lowest BCUT2D eigenvalue weighted by atomic mass is 10.1. The van der Waals surface area contributed by atoms with Crippen LogP contribution in [0.15, 0.2) is 12.7 Å². The van der Waals surface area contributed by atoms with Gasteiger partial charge >= 0.3 is 0 Å². The van der Waals surface area contributed by atoms with Crippen molar-refractivity contribution in [3.63, 3.8) is 0 Å². The summed E-state index contributed by atoms with van der Waals surface area (Å²) in [7, 11) is 1.76. The number of aromatic nitrogens is 4. The lowest BCUT2D eigenvalue weighted by molar-refractivity contribution is -0.679. The van der Waals surface area contributed by atoms with Crippen LogP contribution in [0.2, 0.25) is 0 Å². The Morgan fingerprint density at radius 3 is 2.71 bits per heavy atom. The molecule has 0 spiro atoms. The van der Waals surface area contributed by atoms with E-state index in [-0.39, 0.29) is 17.0 Å². The number of imidazole rings is 1. The summed E-state index contributed by atoms with van der Waals surface area (Å²) in [6.45, 7) is 0.00442. The summed E-state index contributed by atoms with van der Waals surface area (Å²) >= 11 is 0. The molecule has 4 rings (SSSR count). The second kappa shape index (κ2) is 6.17. The molecule has 2 aromatic heterocycles. The third kappa shape index (κ3) is 2.31. The summed E-state index contributed by atoms with van der Waals surface area (Å²) in [6, 6.07) is 0. The van der Waals surface area contributed by atoms with Crippen LogP contribution in [-0.2, 0) is 11.3 Å². The lowest BCUT2D eigenvalue weighted by Gasteiger charge is -2.15. The molecule has 0 saturated carbocycles. The van der Waals surface area contributed by atoms with Crippen molar-refractivity contribution in [3.05, 3.63) is 12.7 Å². The Kier molecular flexibility index (Phi) is 4.49. The topological polar surface area (TPSA) is 128 Å². The number of halogens is 1. The van der Waals surface area contributed by atoms with Crippen LogP contribution in [0.3, 0.4) is 0 Å². The van der Waals surface area contributed by atoms with E-state index >= 15 is 0 Å². The van der Waals surface area contributed by atoms with Gasteiger partial charge < -0.3 is 42.1 Å². The Morgan fingerprint density at radius 1 is 1.29 bits per heavy atom. The number of anilines is 1. The van der Waals surface area contributed by atoms with E-state index in [2.05, 4.69) is 9.97 Å². The molecule has 10 nitrogen and oxygen atoms in total. The Hall–Kier alpha value is -1.37. The van der Waals surface area contributed by atoms with Gasteiger partial charge in [0.1, 0.15) is 31.2 Å². The third-order valence-electron chi connectivity index (χ3n) is 4.50. The highest BCUT2D eigenvalue weighted by molar-refractivity contribution is 5.81. The molecule has 2 aliphatic rings. The van der Waals surface area contributed by atoms with Crippen LogP contribution in [0.4, 0.5) is 5.82 Å². The van der Waals surface area contributed by atoms with E-state index in [1.165, 1.54) is 10.9 Å². The minimum Gasteiger partial charge on any atom is -1.00 e. The van der Waals surface area contributed by atoms with Gasteiger partial charge in [-0.3, -0.25) is 9.47 Å². The Morgan fingerprint density at radius 2 is 2.04 bits per heavy atom. The predicted octanol–water partition coefficient (Wildman–Crippen LogP) is -5.90. The van der Waals surface area contributed by atoms with E-state index in [9.17, 15) is 20.4 Å². The minimum atomic E-state index is -1.20. The van der Waals surface area contributed by atoms with Crippen molar-refractivity contribution in [1.29, 1.82) is 0 Å². The first kappa shape index (κ1) is 17.5. The molecule has 0 amide bonds. The Balaban J connectivity index is 0.00000169. The fraction of sp³-hybridized carbons (Fsp3) is 0.615. The zero-order chi connectivity index (χ0) is 16.3. The standard InChI is InChI=1S/C13H18N5O5.BrH/c1-16-7(20)2-17-4-15-11-8(12(16)17)14-5-18(11)13-10(22)9(21)6(3-19)23-13;/h4-7,9-10,13,19-22H,2-3H2,1H3;1H/q+1;/p-1/t6-,7?,9-,10-,13-;/m1./s1. The predicted molar refractivity (Wildman–Crippen MR) is 75.1 cm³/mol. The highest BCUT2D eigenvalue weighted by Gasteiger charge is 2.45. The molecule has 0 aliphatic carbocycles. The van der Waals surface area contributed by atoms with Gasteiger partial charge in [0.2, 0.25) is 18.2 Å². The molecule has 0 aromatic carbocycles. The first-order chi connectivity index (χ1) is 11.0. The molecule has 5 atom stereocenters. The zero-order valence-corrected chi connectivity index (χ0v) is 14.4. The van der Waals surface area contributed by atoms with Crippen LogP contribution < -0.4 is 26.4 Å². The number of ether oxygens (including phenoxy) is 1. The molecule has 1 saturated heterocycles. The fourth-order valence-corrected chi connectivity index (χ4v) is 3.19. The van der Waals surface area contributed by atoms with Gasteiger partial charge in [0.15, 0.2) is 11.7 Å². The van der Waals surface area contributed by atoms with Crippen molar-refractivity contribution in [3.8, 4) is 0 Å². The molecule has 24 heavy (non-hydrogen) atoms. The van der Waals surface area contributed by atoms with Crippen LogP contribution in [-0.4, -0.2) is 73.2 Å². The summed E-state index contributed by atoms with van der Waals surface area (Å²) in [5.41, 5.74) is 1.02. The average molecular weight is 404 g/mol. The molecule has 4 heterocycles. The van der Waals surface area contributed by atoms with Crippen LogP contribution >= 0.6 is 0 Å². The van der Waals surface area contributed by atoms with E-state index in [1.54, 1.807) is 22.8 Å². The van der Waals surface area contributed by atoms with Gasteiger partial charge in [-0.1, -0.05) is 4.98 Å². The van der Waals surface area contributed by atoms with E-state index < -0.39 is 37.4 Å². The van der Waals surface area contributed by atoms with Crippen molar-refractivity contribution >= 4 is 17.0 Å². The molecule has 2 aliphatic heterocycles. The van der Waals surface area contributed by atoms with Crippen molar-refractivity contribution in [2.24, 2.45) is 0 Å². The monoisotopic (exact) mass is 403 g/mol. The summed E-state index contributed by atoms with van der Waals surface area (Å²) in [6.07, 6.45) is -1.73. The maximum atomic E-state index is 10.2. The van der Waals surface area contributed by atoms with Crippen LogP contribution in [0.1, 0.15) is 6.23 Å². The molecule has 4 N–H and O–H groups in total. The first-order valence-electron chi connectivity index (χ1n) is 7.31. The molecule has 132 valence electrons. The molecule has 1 fully saturated rings. The van der Waals surface area contributed by atoms with Gasteiger partial charge in [-0.25, -0.2) is 9.55 Å². The van der Waals surface area contributed by atoms with E-state index in [0.717, 1.165) is 0 Å². The summed E-state index contributed by atoms with van der Waals surface area (Å²) in [5.74, 6) is 0.716. The molecule has 11 heteroatoms. The number of rotatable bonds is 2. The highest BCUT2D eigenvalue weighted by Crippen LogP contribution is 2.33. The molecular weight excluding hydrogens is 386 g/mol. The van der Waals surface area contributed by atoms with Crippen molar-refractivity contribution in [2.45, 2.75) is 37.3 Å². The third-order valence-corrected chi connectivity index (χ3v) is 4.50. The van der Waals surface area contributed by atoms with Gasteiger partial charge in [-0.2, -0.15) is 0 Å². The van der Waals surface area contributed by atoms with Gasteiger partial charge in [-0.05, 0) is 0 Å². The van der Waals surface area contributed by atoms with Gasteiger partial charge in [0.05, 0.1) is 13.7 Å². The number of aliphatic hydroxyl groups excluding tert-OH is 4. The summed E-state index contributed by atoms with van der Waals surface area (Å²) in [4.78, 5) is 10.3. The average Bonchev–Trinajstić information content (AvgIpc) is 3.17. The lowest BCUT2D eigenvalue weighted by Crippen LogP contribution is -3.00. The van der Waals surface area contributed by atoms with Crippen LogP contribution in [0.5, 0.6) is 0 Å². The number of hydrogen-bond donors (Lipinski definition) is 4. The SMILES string of the molecule is CN1c2c3ncn([C@@H]4O[C@H](CO)[C@@H](O)[C@H]4O)c3nc[n+]2CC1O.[Br-]. The van der Waals surface area contributed by atoms with Crippen LogP contribution in [0, 0.1) is 0 Å². The van der Waals surface area contributed by atoms with Crippen molar-refractivity contribution in [1.82, 2.24) is 14.5 Å². The molecule has 0 radical (unpaired) electrons. The maximum Gasteiger partial charge on any atom is 0.257 e. The van der Waals surface area contributed by atoms with Crippen LogP contribution in [0.25, 0.3) is 11.2 Å². The highest BCUT2D eigenvalue weighted by atomic mass is 79.9. The summed E-state index contributed by atoms with van der Waals surface area (Å²) < 4.78 is 8.84.